The Morgan fingerprint density at radius 3 is 2.85 bits per heavy atom. The molecule has 0 amide bonds. The van der Waals surface area contributed by atoms with E-state index in [1.165, 1.54) is 18.2 Å². The lowest BCUT2D eigenvalue weighted by molar-refractivity contribution is -0.104. The van der Waals surface area contributed by atoms with Gasteiger partial charge in [0.25, 0.3) is 5.88 Å². The molecule has 0 bridgehead atoms. The summed E-state index contributed by atoms with van der Waals surface area (Å²) >= 11 is 0. The highest BCUT2D eigenvalue weighted by atomic mass is 19.1. The Morgan fingerprint density at radius 1 is 1.27 bits per heavy atom. The van der Waals surface area contributed by atoms with Crippen LogP contribution in [0.5, 0.6) is 11.6 Å². The highest BCUT2D eigenvalue weighted by Gasteiger charge is 2.45. The van der Waals surface area contributed by atoms with E-state index in [1.807, 2.05) is 0 Å². The van der Waals surface area contributed by atoms with Gasteiger partial charge < -0.3 is 19.1 Å². The molecular formula is C19H15FN2O4. The number of benzene rings is 2. The van der Waals surface area contributed by atoms with Gasteiger partial charge in [0.15, 0.2) is 11.7 Å². The Kier molecular flexibility index (Phi) is 3.60. The van der Waals surface area contributed by atoms with Crippen molar-refractivity contribution in [3.8, 4) is 17.7 Å². The Bertz CT molecular complexity index is 1040. The minimum absolute atomic E-state index is 0.0644. The molecule has 1 aliphatic heterocycles. The van der Waals surface area contributed by atoms with Crippen LogP contribution in [0, 0.1) is 17.1 Å². The van der Waals surface area contributed by atoms with Gasteiger partial charge in [0.1, 0.15) is 23.3 Å². The van der Waals surface area contributed by atoms with Crippen LogP contribution in [0.2, 0.25) is 0 Å². The van der Waals surface area contributed by atoms with E-state index in [0.29, 0.717) is 27.8 Å². The van der Waals surface area contributed by atoms with Gasteiger partial charge in [-0.1, -0.05) is 0 Å². The second-order valence-corrected chi connectivity index (χ2v) is 6.68. The first-order chi connectivity index (χ1) is 12.4. The van der Waals surface area contributed by atoms with E-state index in [-0.39, 0.29) is 5.88 Å². The molecule has 1 aliphatic rings. The molecule has 1 N–H and O–H groups in total. The molecule has 2 atom stereocenters. The van der Waals surface area contributed by atoms with Crippen molar-refractivity contribution in [3.63, 3.8) is 0 Å². The van der Waals surface area contributed by atoms with E-state index in [2.05, 4.69) is 11.2 Å². The van der Waals surface area contributed by atoms with Crippen LogP contribution in [0.4, 0.5) is 4.39 Å². The summed E-state index contributed by atoms with van der Waals surface area (Å²) in [6, 6.07) is 10.9. The van der Waals surface area contributed by atoms with Crippen molar-refractivity contribution in [3.05, 3.63) is 53.3 Å². The minimum atomic E-state index is -1.05. The largest absolute Gasteiger partial charge is 0.485 e. The Balaban J connectivity index is 1.81. The topological polar surface area (TPSA) is 88.5 Å². The van der Waals surface area contributed by atoms with Gasteiger partial charge in [0.05, 0.1) is 17.0 Å². The number of nitriles is 1. The molecule has 26 heavy (non-hydrogen) atoms. The highest BCUT2D eigenvalue weighted by Crippen LogP contribution is 2.43. The first kappa shape index (κ1) is 16.4. The maximum absolute atomic E-state index is 13.6. The number of halogens is 1. The molecule has 0 radical (unpaired) electrons. The quantitative estimate of drug-likeness (QED) is 0.758. The van der Waals surface area contributed by atoms with Crippen LogP contribution >= 0.6 is 0 Å². The smallest absolute Gasteiger partial charge is 0.262 e. The van der Waals surface area contributed by atoms with Crippen LogP contribution < -0.4 is 9.47 Å². The monoisotopic (exact) mass is 354 g/mol. The van der Waals surface area contributed by atoms with Crippen molar-refractivity contribution in [1.29, 1.82) is 5.26 Å². The number of aliphatic hydroxyl groups is 1. The van der Waals surface area contributed by atoms with Gasteiger partial charge in [-0.3, -0.25) is 0 Å². The van der Waals surface area contributed by atoms with Gasteiger partial charge in [0, 0.05) is 5.56 Å². The van der Waals surface area contributed by atoms with Crippen molar-refractivity contribution in [2.24, 2.45) is 0 Å². The van der Waals surface area contributed by atoms with Gasteiger partial charge in [0.2, 0.25) is 0 Å². The number of fused-ring (bicyclic) bond motifs is 2. The van der Waals surface area contributed by atoms with Crippen LogP contribution in [0.1, 0.15) is 31.1 Å². The van der Waals surface area contributed by atoms with Gasteiger partial charge in [-0.2, -0.15) is 5.26 Å². The van der Waals surface area contributed by atoms with E-state index >= 15 is 0 Å². The van der Waals surface area contributed by atoms with Crippen molar-refractivity contribution in [2.45, 2.75) is 31.7 Å². The minimum Gasteiger partial charge on any atom is -0.485 e. The molecule has 2 heterocycles. The molecule has 0 fully saturated rings. The van der Waals surface area contributed by atoms with Crippen LogP contribution in [0.25, 0.3) is 11.0 Å². The zero-order chi connectivity index (χ0) is 18.5. The van der Waals surface area contributed by atoms with E-state index in [4.69, 9.17) is 19.3 Å². The Hall–Kier alpha value is -3.11. The number of nitrogens with zero attached hydrogens (tertiary/aromatic N) is 2. The summed E-state index contributed by atoms with van der Waals surface area (Å²) in [7, 11) is 0. The molecule has 6 nitrogen and oxygen atoms in total. The molecule has 7 heteroatoms. The molecule has 0 aliphatic carbocycles. The average molecular weight is 354 g/mol. The zero-order valence-electron chi connectivity index (χ0n) is 14.1. The predicted octanol–water partition coefficient (Wildman–Crippen LogP) is 3.49. The van der Waals surface area contributed by atoms with E-state index in [9.17, 15) is 9.50 Å². The summed E-state index contributed by atoms with van der Waals surface area (Å²) < 4.78 is 30.5. The number of aromatic nitrogens is 1. The maximum Gasteiger partial charge on any atom is 0.262 e. The predicted molar refractivity (Wildman–Crippen MR) is 89.2 cm³/mol. The molecule has 2 aromatic carbocycles. The van der Waals surface area contributed by atoms with Crippen LogP contribution in [0.15, 0.2) is 40.9 Å². The number of ether oxygens (including phenoxy) is 2. The lowest BCUT2D eigenvalue weighted by Crippen LogP contribution is -2.50. The summed E-state index contributed by atoms with van der Waals surface area (Å²) in [4.78, 5) is 0. The fraction of sp³-hybridized carbons (Fsp3) is 0.263. The number of hydrogen-bond donors (Lipinski definition) is 1. The van der Waals surface area contributed by atoms with Crippen molar-refractivity contribution >= 4 is 11.0 Å². The molecule has 0 saturated carbocycles. The second-order valence-electron chi connectivity index (χ2n) is 6.68. The third kappa shape index (κ3) is 2.55. The molecule has 132 valence electrons. The molecule has 0 unspecified atom stereocenters. The number of aliphatic hydroxyl groups excluding tert-OH is 1. The molecule has 3 aromatic rings. The lowest BCUT2D eigenvalue weighted by atomic mass is 9.87. The van der Waals surface area contributed by atoms with Gasteiger partial charge >= 0.3 is 0 Å². The lowest BCUT2D eigenvalue weighted by Gasteiger charge is -2.41. The maximum atomic E-state index is 13.6. The second kappa shape index (κ2) is 5.71. The summed E-state index contributed by atoms with van der Waals surface area (Å²) in [5, 5.41) is 24.1. The third-order valence-corrected chi connectivity index (χ3v) is 4.45. The summed E-state index contributed by atoms with van der Waals surface area (Å²) in [5.74, 6) is 0.114. The van der Waals surface area contributed by atoms with Gasteiger partial charge in [-0.25, -0.2) is 4.39 Å². The Morgan fingerprint density at radius 2 is 2.08 bits per heavy atom. The van der Waals surface area contributed by atoms with Crippen LogP contribution in [-0.2, 0) is 0 Å². The van der Waals surface area contributed by atoms with Gasteiger partial charge in [-0.15, -0.1) is 0 Å². The molecule has 0 spiro atoms. The molecule has 4 rings (SSSR count). The van der Waals surface area contributed by atoms with Crippen LogP contribution in [0.3, 0.4) is 0 Å². The average Bonchev–Trinajstić information content (AvgIpc) is 3.00. The first-order valence-corrected chi connectivity index (χ1v) is 8.02. The SMILES string of the molecule is CC1(C)Oc2ccc(C#N)cc2[C@@H](Oc2noc3ccc(F)cc23)[C@@H]1O. The Labute approximate surface area is 148 Å². The van der Waals surface area contributed by atoms with Crippen molar-refractivity contribution in [1.82, 2.24) is 5.16 Å². The normalized spacial score (nSPS) is 20.9. The fourth-order valence-electron chi connectivity index (χ4n) is 3.03. The zero-order valence-corrected chi connectivity index (χ0v) is 14.1. The third-order valence-electron chi connectivity index (χ3n) is 4.45. The van der Waals surface area contributed by atoms with Gasteiger partial charge in [-0.05, 0) is 55.4 Å². The van der Waals surface area contributed by atoms with Crippen molar-refractivity contribution in [2.75, 3.05) is 0 Å². The fourth-order valence-corrected chi connectivity index (χ4v) is 3.03. The van der Waals surface area contributed by atoms with E-state index < -0.39 is 23.6 Å². The van der Waals surface area contributed by atoms with E-state index in [1.54, 1.807) is 32.0 Å². The summed E-state index contributed by atoms with van der Waals surface area (Å²) in [6.45, 7) is 3.46. The number of hydrogen-bond acceptors (Lipinski definition) is 6. The summed E-state index contributed by atoms with van der Waals surface area (Å²) in [6.07, 6.45) is -1.91. The number of rotatable bonds is 2. The van der Waals surface area contributed by atoms with E-state index in [0.717, 1.165) is 0 Å². The van der Waals surface area contributed by atoms with Crippen LogP contribution in [-0.4, -0.2) is 22.0 Å². The summed E-state index contributed by atoms with van der Waals surface area (Å²) in [5.41, 5.74) is 0.358. The molecule has 1 aromatic heterocycles. The molecule has 0 saturated heterocycles. The highest BCUT2D eigenvalue weighted by molar-refractivity contribution is 5.82. The molecular weight excluding hydrogens is 339 g/mol. The first-order valence-electron chi connectivity index (χ1n) is 8.02. The standard InChI is InChI=1S/C19H15FN2O4/c1-19(2)17(23)16(12-7-10(9-21)3-5-14(12)25-19)24-18-13-8-11(20)4-6-15(13)26-22-18/h3-8,16-17,23H,1-2H3/t16-,17+/m1/s1. The van der Waals surface area contributed by atoms with Crippen molar-refractivity contribution < 1.29 is 23.5 Å².